The second kappa shape index (κ2) is 8.48. The first kappa shape index (κ1) is 20.6. The quantitative estimate of drug-likeness (QED) is 0.394. The van der Waals surface area contributed by atoms with E-state index in [2.05, 4.69) is 4.99 Å². The zero-order valence-corrected chi connectivity index (χ0v) is 16.9. The Hall–Kier alpha value is -3.14. The van der Waals surface area contributed by atoms with Gasteiger partial charge in [-0.1, -0.05) is 23.9 Å². The minimum Gasteiger partial charge on any atom is -0.466 e. The first-order valence-electron chi connectivity index (χ1n) is 8.80. The summed E-state index contributed by atoms with van der Waals surface area (Å²) in [5.41, 5.74) is 1.73. The fourth-order valence-corrected chi connectivity index (χ4v) is 4.19. The van der Waals surface area contributed by atoms with E-state index >= 15 is 0 Å². The fraction of sp³-hybridized carbons (Fsp3) is 0.316. The Bertz CT molecular complexity index is 968. The van der Waals surface area contributed by atoms with E-state index < -0.39 is 22.9 Å². The summed E-state index contributed by atoms with van der Waals surface area (Å²) < 4.78 is 9.99. The maximum atomic E-state index is 12.6. The van der Waals surface area contributed by atoms with E-state index in [1.165, 1.54) is 31.0 Å². The SMILES string of the molecule is CCOC(=O)CC1=CSC2=NC(C)=C(C(=O)OC)C(c3cccc([N+](=O)[O-])c3)N12. The number of hydrogen-bond acceptors (Lipinski definition) is 9. The average molecular weight is 417 g/mol. The van der Waals surface area contributed by atoms with Crippen LogP contribution in [0.3, 0.4) is 0 Å². The van der Waals surface area contributed by atoms with Crippen LogP contribution in [0.5, 0.6) is 0 Å². The maximum absolute atomic E-state index is 12.6. The molecular weight excluding hydrogens is 398 g/mol. The number of carbonyl (C=O) groups is 2. The van der Waals surface area contributed by atoms with Crippen LogP contribution in [0.15, 0.2) is 51.6 Å². The molecule has 0 saturated carbocycles. The second-order valence-corrected chi connectivity index (χ2v) is 7.06. The van der Waals surface area contributed by atoms with Gasteiger partial charge in [0, 0.05) is 17.8 Å². The molecule has 2 heterocycles. The van der Waals surface area contributed by atoms with E-state index in [1.807, 2.05) is 0 Å². The number of nitrogens with zero attached hydrogens (tertiary/aromatic N) is 3. The van der Waals surface area contributed by atoms with Gasteiger partial charge in [0.2, 0.25) is 0 Å². The molecule has 1 atom stereocenters. The standard InChI is InChI=1S/C19H19N3O6S/c1-4-28-15(23)9-14-10-29-19-20-11(2)16(18(24)27-3)17(21(14)19)12-6-5-7-13(8-12)22(25)26/h5-8,10,17H,4,9H2,1-3H3. The zero-order chi connectivity index (χ0) is 21.1. The molecule has 1 unspecified atom stereocenters. The molecule has 2 aliphatic rings. The van der Waals surface area contributed by atoms with Crippen LogP contribution in [0.2, 0.25) is 0 Å². The van der Waals surface area contributed by atoms with Crippen molar-refractivity contribution in [1.82, 2.24) is 4.90 Å². The highest BCUT2D eigenvalue weighted by Crippen LogP contribution is 2.45. The zero-order valence-electron chi connectivity index (χ0n) is 16.1. The molecule has 0 amide bonds. The van der Waals surface area contributed by atoms with E-state index in [4.69, 9.17) is 9.47 Å². The van der Waals surface area contributed by atoms with E-state index in [1.54, 1.807) is 36.3 Å². The van der Waals surface area contributed by atoms with Gasteiger partial charge in [-0.15, -0.1) is 0 Å². The van der Waals surface area contributed by atoms with Crippen LogP contribution in [0.25, 0.3) is 0 Å². The predicted molar refractivity (Wildman–Crippen MR) is 107 cm³/mol. The number of non-ortho nitro benzene ring substituents is 1. The third-order valence-electron chi connectivity index (χ3n) is 4.43. The highest BCUT2D eigenvalue weighted by molar-refractivity contribution is 8.16. The van der Waals surface area contributed by atoms with Crippen LogP contribution in [0.1, 0.15) is 31.9 Å². The van der Waals surface area contributed by atoms with Crippen LogP contribution >= 0.6 is 11.8 Å². The Morgan fingerprint density at radius 3 is 2.79 bits per heavy atom. The van der Waals surface area contributed by atoms with Crippen molar-refractivity contribution in [3.8, 4) is 0 Å². The molecule has 0 radical (unpaired) electrons. The lowest BCUT2D eigenvalue weighted by Gasteiger charge is -2.36. The largest absolute Gasteiger partial charge is 0.466 e. The lowest BCUT2D eigenvalue weighted by molar-refractivity contribution is -0.384. The van der Waals surface area contributed by atoms with Gasteiger partial charge in [0.25, 0.3) is 5.69 Å². The number of fused-ring (bicyclic) bond motifs is 1. The van der Waals surface area contributed by atoms with Crippen molar-refractivity contribution in [2.24, 2.45) is 4.99 Å². The van der Waals surface area contributed by atoms with Gasteiger partial charge in [0.05, 0.1) is 42.4 Å². The molecule has 0 fully saturated rings. The van der Waals surface area contributed by atoms with Crippen molar-refractivity contribution < 1.29 is 24.0 Å². The van der Waals surface area contributed by atoms with Crippen molar-refractivity contribution in [3.63, 3.8) is 0 Å². The molecule has 1 aromatic carbocycles. The molecule has 0 aromatic heterocycles. The van der Waals surface area contributed by atoms with Crippen molar-refractivity contribution >= 4 is 34.6 Å². The highest BCUT2D eigenvalue weighted by Gasteiger charge is 2.41. The van der Waals surface area contributed by atoms with Gasteiger partial charge < -0.3 is 14.4 Å². The summed E-state index contributed by atoms with van der Waals surface area (Å²) in [7, 11) is 1.26. The predicted octanol–water partition coefficient (Wildman–Crippen LogP) is 3.30. The lowest BCUT2D eigenvalue weighted by atomic mass is 9.93. The molecule has 0 spiro atoms. The molecule has 0 N–H and O–H groups in total. The van der Waals surface area contributed by atoms with Gasteiger partial charge in [-0.25, -0.2) is 9.79 Å². The summed E-state index contributed by atoms with van der Waals surface area (Å²) in [4.78, 5) is 41.6. The van der Waals surface area contributed by atoms with Crippen molar-refractivity contribution in [3.05, 3.63) is 62.3 Å². The van der Waals surface area contributed by atoms with Crippen LogP contribution in [0, 0.1) is 10.1 Å². The van der Waals surface area contributed by atoms with Crippen molar-refractivity contribution in [1.29, 1.82) is 0 Å². The number of amidine groups is 1. The van der Waals surface area contributed by atoms with Gasteiger partial charge in [-0.3, -0.25) is 14.9 Å². The number of hydrogen-bond donors (Lipinski definition) is 0. The van der Waals surface area contributed by atoms with E-state index in [0.29, 0.717) is 22.1 Å². The number of rotatable bonds is 6. The smallest absolute Gasteiger partial charge is 0.338 e. The number of nitro benzene ring substituents is 1. The molecule has 1 aromatic rings. The van der Waals surface area contributed by atoms with Crippen LogP contribution in [-0.2, 0) is 19.1 Å². The number of aliphatic imine (C=N–C) groups is 1. The van der Waals surface area contributed by atoms with Crippen LogP contribution in [-0.4, -0.2) is 40.6 Å². The summed E-state index contributed by atoms with van der Waals surface area (Å²) in [6.07, 6.45) is -0.0151. The first-order valence-corrected chi connectivity index (χ1v) is 9.68. The summed E-state index contributed by atoms with van der Waals surface area (Å²) >= 11 is 1.31. The Balaban J connectivity index is 2.10. The summed E-state index contributed by atoms with van der Waals surface area (Å²) in [6.45, 7) is 3.66. The Morgan fingerprint density at radius 1 is 1.38 bits per heavy atom. The highest BCUT2D eigenvalue weighted by atomic mass is 32.2. The number of nitro groups is 1. The van der Waals surface area contributed by atoms with Gasteiger partial charge in [-0.05, 0) is 24.8 Å². The normalized spacial score (nSPS) is 18.0. The minimum absolute atomic E-state index is 0.0151. The number of thioether (sulfide) groups is 1. The monoisotopic (exact) mass is 417 g/mol. The Kier molecular flexibility index (Phi) is 6.02. The molecular formula is C19H19N3O6S. The molecule has 0 bridgehead atoms. The first-order chi connectivity index (χ1) is 13.9. The topological polar surface area (TPSA) is 111 Å². The molecule has 3 rings (SSSR count). The van der Waals surface area contributed by atoms with Gasteiger partial charge in [0.1, 0.15) is 0 Å². The number of ether oxygens (including phenoxy) is 2. The number of esters is 2. The van der Waals surface area contributed by atoms with E-state index in [-0.39, 0.29) is 24.3 Å². The summed E-state index contributed by atoms with van der Waals surface area (Å²) in [5, 5.41) is 13.6. The Labute approximate surface area is 171 Å². The average Bonchev–Trinajstić information content (AvgIpc) is 3.08. The molecule has 29 heavy (non-hydrogen) atoms. The van der Waals surface area contributed by atoms with E-state index in [9.17, 15) is 19.7 Å². The van der Waals surface area contributed by atoms with Crippen molar-refractivity contribution in [2.75, 3.05) is 13.7 Å². The second-order valence-electron chi connectivity index (χ2n) is 6.22. The molecule has 0 aliphatic carbocycles. The van der Waals surface area contributed by atoms with Gasteiger partial charge in [-0.2, -0.15) is 0 Å². The van der Waals surface area contributed by atoms with Gasteiger partial charge in [0.15, 0.2) is 5.17 Å². The van der Waals surface area contributed by atoms with Crippen LogP contribution < -0.4 is 0 Å². The van der Waals surface area contributed by atoms with Crippen molar-refractivity contribution in [2.45, 2.75) is 26.3 Å². The number of allylic oxidation sites excluding steroid dienone is 1. The molecule has 9 nitrogen and oxygen atoms in total. The number of carbonyl (C=O) groups excluding carboxylic acids is 2. The molecule has 152 valence electrons. The number of benzene rings is 1. The Morgan fingerprint density at radius 2 is 2.14 bits per heavy atom. The minimum atomic E-state index is -0.717. The molecule has 2 aliphatic heterocycles. The fourth-order valence-electron chi connectivity index (χ4n) is 3.22. The summed E-state index contributed by atoms with van der Waals surface area (Å²) in [5.74, 6) is -1.00. The third kappa shape index (κ3) is 4.02. The van der Waals surface area contributed by atoms with Crippen LogP contribution in [0.4, 0.5) is 5.69 Å². The summed E-state index contributed by atoms with van der Waals surface area (Å²) in [6, 6.07) is 5.33. The van der Waals surface area contributed by atoms with E-state index in [0.717, 1.165) is 0 Å². The molecule has 0 saturated heterocycles. The van der Waals surface area contributed by atoms with Gasteiger partial charge >= 0.3 is 11.9 Å². The number of methoxy groups -OCH3 is 1. The lowest BCUT2D eigenvalue weighted by Crippen LogP contribution is -2.37. The third-order valence-corrected chi connectivity index (χ3v) is 5.32. The molecule has 10 heteroatoms. The maximum Gasteiger partial charge on any atom is 0.338 e.